The van der Waals surface area contributed by atoms with E-state index in [1.807, 2.05) is 0 Å². The predicted octanol–water partition coefficient (Wildman–Crippen LogP) is 1.53. The van der Waals surface area contributed by atoms with Gasteiger partial charge in [0.15, 0.2) is 0 Å². The first kappa shape index (κ1) is 10.9. The van der Waals surface area contributed by atoms with Crippen molar-refractivity contribution in [2.75, 3.05) is 5.73 Å². The van der Waals surface area contributed by atoms with Gasteiger partial charge in [0.1, 0.15) is 5.82 Å². The molecule has 5 heteroatoms. The number of hydrogen-bond acceptors (Lipinski definition) is 3. The van der Waals surface area contributed by atoms with Gasteiger partial charge in [-0.15, -0.1) is 0 Å². The van der Waals surface area contributed by atoms with Crippen LogP contribution in [0.4, 0.5) is 10.3 Å². The van der Waals surface area contributed by atoms with E-state index >= 15 is 0 Å². The van der Waals surface area contributed by atoms with Crippen LogP contribution in [0, 0.1) is 5.82 Å². The Hall–Kier alpha value is -1.62. The minimum absolute atomic E-state index is 0.277. The van der Waals surface area contributed by atoms with Gasteiger partial charge in [-0.1, -0.05) is 0 Å². The minimum Gasteiger partial charge on any atom is -0.389 e. The Morgan fingerprint density at radius 1 is 1.50 bits per heavy atom. The summed E-state index contributed by atoms with van der Waals surface area (Å²) in [5.41, 5.74) is 6.03. The number of hydrogen-bond donors (Lipinski definition) is 2. The van der Waals surface area contributed by atoms with Gasteiger partial charge in [-0.05, 0) is 32.0 Å². The van der Waals surface area contributed by atoms with E-state index in [0.717, 1.165) is 0 Å². The Kier molecular flexibility index (Phi) is 2.35. The Morgan fingerprint density at radius 3 is 2.81 bits per heavy atom. The standard InChI is InChI=1S/C11H14FN3O/c1-11(2,16)6-15-9-5-7(12)3-4-8(9)14-10(15)13/h3-5,16H,6H2,1-2H3,(H2,13,14). The summed E-state index contributed by atoms with van der Waals surface area (Å²) in [7, 11) is 0. The molecule has 0 aliphatic heterocycles. The first-order valence-electron chi connectivity index (χ1n) is 5.00. The molecule has 0 saturated heterocycles. The molecule has 0 spiro atoms. The number of imidazole rings is 1. The molecule has 3 N–H and O–H groups in total. The second kappa shape index (κ2) is 3.45. The third-order valence-corrected chi connectivity index (χ3v) is 2.28. The molecule has 0 bridgehead atoms. The van der Waals surface area contributed by atoms with E-state index in [1.54, 1.807) is 24.5 Å². The lowest BCUT2D eigenvalue weighted by molar-refractivity contribution is 0.0632. The minimum atomic E-state index is -0.923. The van der Waals surface area contributed by atoms with E-state index in [2.05, 4.69) is 4.98 Å². The summed E-state index contributed by atoms with van der Waals surface area (Å²) >= 11 is 0. The normalized spacial score (nSPS) is 12.2. The first-order valence-corrected chi connectivity index (χ1v) is 5.00. The molecule has 16 heavy (non-hydrogen) atoms. The van der Waals surface area contributed by atoms with Crippen LogP contribution in [-0.2, 0) is 6.54 Å². The molecule has 0 radical (unpaired) electrons. The third-order valence-electron chi connectivity index (χ3n) is 2.28. The molecule has 2 aromatic rings. The van der Waals surface area contributed by atoms with Gasteiger partial charge in [0.05, 0.1) is 23.2 Å². The van der Waals surface area contributed by atoms with E-state index in [-0.39, 0.29) is 18.3 Å². The van der Waals surface area contributed by atoms with Crippen molar-refractivity contribution >= 4 is 17.0 Å². The molecule has 0 aliphatic rings. The summed E-state index contributed by atoms with van der Waals surface area (Å²) in [6.07, 6.45) is 0. The lowest BCUT2D eigenvalue weighted by atomic mass is 10.1. The van der Waals surface area contributed by atoms with Crippen LogP contribution in [-0.4, -0.2) is 20.3 Å². The molecule has 2 rings (SSSR count). The fourth-order valence-electron chi connectivity index (χ4n) is 1.67. The van der Waals surface area contributed by atoms with Gasteiger partial charge in [0.25, 0.3) is 0 Å². The van der Waals surface area contributed by atoms with Gasteiger partial charge in [-0.3, -0.25) is 0 Å². The summed E-state index contributed by atoms with van der Waals surface area (Å²) < 4.78 is 14.7. The smallest absolute Gasteiger partial charge is 0.201 e. The molecule has 1 aromatic carbocycles. The number of anilines is 1. The lowest BCUT2D eigenvalue weighted by Crippen LogP contribution is -2.26. The third kappa shape index (κ3) is 1.99. The molecule has 0 saturated carbocycles. The maximum absolute atomic E-state index is 13.1. The highest BCUT2D eigenvalue weighted by atomic mass is 19.1. The first-order chi connectivity index (χ1) is 7.37. The van der Waals surface area contributed by atoms with Crippen LogP contribution in [0.2, 0.25) is 0 Å². The topological polar surface area (TPSA) is 64.1 Å². The van der Waals surface area contributed by atoms with Crippen LogP contribution in [0.3, 0.4) is 0 Å². The van der Waals surface area contributed by atoms with Gasteiger partial charge in [0.2, 0.25) is 5.95 Å². The number of nitrogens with zero attached hydrogens (tertiary/aromatic N) is 2. The van der Waals surface area contributed by atoms with Crippen molar-refractivity contribution < 1.29 is 9.50 Å². The van der Waals surface area contributed by atoms with E-state index in [9.17, 15) is 9.50 Å². The van der Waals surface area contributed by atoms with Crippen molar-refractivity contribution in [3.8, 4) is 0 Å². The number of fused-ring (bicyclic) bond motifs is 1. The summed E-state index contributed by atoms with van der Waals surface area (Å²) in [6, 6.07) is 4.27. The van der Waals surface area contributed by atoms with Crippen LogP contribution in [0.15, 0.2) is 18.2 Å². The summed E-state index contributed by atoms with van der Waals surface area (Å²) in [6.45, 7) is 3.61. The lowest BCUT2D eigenvalue weighted by Gasteiger charge is -2.19. The molecule has 4 nitrogen and oxygen atoms in total. The molecule has 0 atom stereocenters. The molecule has 1 aromatic heterocycles. The number of halogens is 1. The average Bonchev–Trinajstić information content (AvgIpc) is 2.42. The molecule has 86 valence electrons. The number of benzene rings is 1. The SMILES string of the molecule is CC(C)(O)Cn1c(N)nc2ccc(F)cc21. The number of aromatic nitrogens is 2. The average molecular weight is 223 g/mol. The molecule has 0 amide bonds. The molecule has 0 aliphatic carbocycles. The molecular weight excluding hydrogens is 209 g/mol. The monoisotopic (exact) mass is 223 g/mol. The van der Waals surface area contributed by atoms with Crippen molar-refractivity contribution in [1.29, 1.82) is 0 Å². The van der Waals surface area contributed by atoms with Gasteiger partial charge in [-0.2, -0.15) is 0 Å². The Labute approximate surface area is 92.5 Å². The molecule has 1 heterocycles. The van der Waals surface area contributed by atoms with Crippen molar-refractivity contribution in [1.82, 2.24) is 9.55 Å². The second-order valence-electron chi connectivity index (χ2n) is 4.50. The Balaban J connectivity index is 2.58. The summed E-state index contributed by atoms with van der Waals surface area (Å²) in [4.78, 5) is 4.10. The van der Waals surface area contributed by atoms with E-state index < -0.39 is 5.60 Å². The van der Waals surface area contributed by atoms with Gasteiger partial charge in [0, 0.05) is 0 Å². The van der Waals surface area contributed by atoms with Crippen molar-refractivity contribution in [3.63, 3.8) is 0 Å². The van der Waals surface area contributed by atoms with Crippen molar-refractivity contribution in [3.05, 3.63) is 24.0 Å². The number of aliphatic hydroxyl groups is 1. The van der Waals surface area contributed by atoms with Crippen LogP contribution in [0.5, 0.6) is 0 Å². The zero-order valence-electron chi connectivity index (χ0n) is 9.24. The van der Waals surface area contributed by atoms with Gasteiger partial charge in [-0.25, -0.2) is 9.37 Å². The van der Waals surface area contributed by atoms with Crippen LogP contribution in [0.25, 0.3) is 11.0 Å². The molecular formula is C11H14FN3O. The molecule has 0 unspecified atom stereocenters. The highest BCUT2D eigenvalue weighted by Gasteiger charge is 2.18. The Morgan fingerprint density at radius 2 is 2.19 bits per heavy atom. The summed E-state index contributed by atoms with van der Waals surface area (Å²) in [5, 5.41) is 9.74. The molecule has 0 fully saturated rings. The fraction of sp³-hybridized carbons (Fsp3) is 0.364. The Bertz CT molecular complexity index is 528. The zero-order valence-corrected chi connectivity index (χ0v) is 9.24. The van der Waals surface area contributed by atoms with Crippen LogP contribution in [0.1, 0.15) is 13.8 Å². The van der Waals surface area contributed by atoms with E-state index in [4.69, 9.17) is 5.73 Å². The maximum atomic E-state index is 13.1. The second-order valence-corrected chi connectivity index (χ2v) is 4.50. The zero-order chi connectivity index (χ0) is 11.9. The van der Waals surface area contributed by atoms with Crippen molar-refractivity contribution in [2.45, 2.75) is 26.0 Å². The maximum Gasteiger partial charge on any atom is 0.201 e. The van der Waals surface area contributed by atoms with Crippen molar-refractivity contribution in [2.24, 2.45) is 0 Å². The fourth-order valence-corrected chi connectivity index (χ4v) is 1.67. The van der Waals surface area contributed by atoms with Crippen LogP contribution >= 0.6 is 0 Å². The van der Waals surface area contributed by atoms with Crippen LogP contribution < -0.4 is 5.73 Å². The highest BCUT2D eigenvalue weighted by Crippen LogP contribution is 2.21. The summed E-state index contributed by atoms with van der Waals surface area (Å²) in [5.74, 6) is -0.0629. The van der Waals surface area contributed by atoms with Gasteiger partial charge >= 0.3 is 0 Å². The highest BCUT2D eigenvalue weighted by molar-refractivity contribution is 5.78. The quantitative estimate of drug-likeness (QED) is 0.811. The van der Waals surface area contributed by atoms with E-state index in [1.165, 1.54) is 12.1 Å². The predicted molar refractivity (Wildman–Crippen MR) is 60.4 cm³/mol. The largest absolute Gasteiger partial charge is 0.389 e. The number of rotatable bonds is 2. The number of nitrogens with two attached hydrogens (primary N) is 1. The van der Waals surface area contributed by atoms with Gasteiger partial charge < -0.3 is 15.4 Å². The van der Waals surface area contributed by atoms with E-state index in [0.29, 0.717) is 11.0 Å². The number of nitrogen functional groups attached to an aromatic ring is 1.